The zero-order valence-electron chi connectivity index (χ0n) is 10.4. The van der Waals surface area contributed by atoms with E-state index in [1.165, 1.54) is 6.92 Å². The highest BCUT2D eigenvalue weighted by Gasteiger charge is 2.11. The maximum atomic E-state index is 11.9. The number of esters is 1. The lowest BCUT2D eigenvalue weighted by Crippen LogP contribution is -2.12. The van der Waals surface area contributed by atoms with Gasteiger partial charge in [0.05, 0.1) is 11.3 Å². The highest BCUT2D eigenvalue weighted by Crippen LogP contribution is 2.24. The van der Waals surface area contributed by atoms with Gasteiger partial charge >= 0.3 is 5.97 Å². The monoisotopic (exact) mass is 255 g/mol. The van der Waals surface area contributed by atoms with Crippen LogP contribution in [0.1, 0.15) is 17.3 Å². The van der Waals surface area contributed by atoms with Crippen molar-refractivity contribution in [1.82, 2.24) is 0 Å². The molecule has 1 N–H and O–H groups in total. The fourth-order valence-electron chi connectivity index (χ4n) is 1.58. The van der Waals surface area contributed by atoms with Crippen molar-refractivity contribution in [3.63, 3.8) is 0 Å². The predicted octanol–water partition coefficient (Wildman–Crippen LogP) is 2.86. The standard InChI is InChI=1S/C15H13NO3/c1-11(17)16-13-9-5-6-10-14(13)19-15(18)12-7-3-2-4-8-12/h2-10H,1H3,(H,16,17). The summed E-state index contributed by atoms with van der Waals surface area (Å²) in [5, 5.41) is 2.61. The summed E-state index contributed by atoms with van der Waals surface area (Å²) < 4.78 is 5.28. The number of carbonyl (C=O) groups is 2. The average molecular weight is 255 g/mol. The second-order valence-electron chi connectivity index (χ2n) is 3.93. The summed E-state index contributed by atoms with van der Waals surface area (Å²) in [6.07, 6.45) is 0. The van der Waals surface area contributed by atoms with Gasteiger partial charge in [-0.15, -0.1) is 0 Å². The number of hydrogen-bond donors (Lipinski definition) is 1. The molecule has 19 heavy (non-hydrogen) atoms. The molecular formula is C15H13NO3. The summed E-state index contributed by atoms with van der Waals surface area (Å²) in [7, 11) is 0. The van der Waals surface area contributed by atoms with Gasteiger partial charge in [0, 0.05) is 6.92 Å². The van der Waals surface area contributed by atoms with Crippen molar-refractivity contribution in [1.29, 1.82) is 0 Å². The SMILES string of the molecule is CC(=O)Nc1ccccc1OC(=O)c1ccccc1. The first kappa shape index (κ1) is 12.8. The number of rotatable bonds is 3. The number of para-hydroxylation sites is 2. The molecule has 0 atom stereocenters. The third kappa shape index (κ3) is 3.42. The molecule has 0 aliphatic carbocycles. The van der Waals surface area contributed by atoms with Gasteiger partial charge in [-0.1, -0.05) is 30.3 Å². The topological polar surface area (TPSA) is 55.4 Å². The molecule has 0 heterocycles. The van der Waals surface area contributed by atoms with Crippen LogP contribution in [-0.2, 0) is 4.79 Å². The van der Waals surface area contributed by atoms with Gasteiger partial charge in [-0.3, -0.25) is 4.79 Å². The van der Waals surface area contributed by atoms with Crippen LogP contribution in [0.25, 0.3) is 0 Å². The van der Waals surface area contributed by atoms with E-state index in [1.807, 2.05) is 6.07 Å². The zero-order chi connectivity index (χ0) is 13.7. The minimum Gasteiger partial charge on any atom is -0.421 e. The molecule has 96 valence electrons. The summed E-state index contributed by atoms with van der Waals surface area (Å²) in [4.78, 5) is 23.0. The summed E-state index contributed by atoms with van der Waals surface area (Å²) >= 11 is 0. The number of amides is 1. The smallest absolute Gasteiger partial charge is 0.343 e. The lowest BCUT2D eigenvalue weighted by atomic mass is 10.2. The molecular weight excluding hydrogens is 242 g/mol. The molecule has 0 radical (unpaired) electrons. The van der Waals surface area contributed by atoms with E-state index in [4.69, 9.17) is 4.74 Å². The van der Waals surface area contributed by atoms with E-state index in [-0.39, 0.29) is 5.91 Å². The molecule has 2 rings (SSSR count). The van der Waals surface area contributed by atoms with Gasteiger partial charge in [0.25, 0.3) is 0 Å². The number of benzene rings is 2. The Labute approximate surface area is 111 Å². The van der Waals surface area contributed by atoms with E-state index < -0.39 is 5.97 Å². The van der Waals surface area contributed by atoms with E-state index >= 15 is 0 Å². The molecule has 0 aliphatic rings. The maximum absolute atomic E-state index is 11.9. The van der Waals surface area contributed by atoms with Crippen molar-refractivity contribution < 1.29 is 14.3 Å². The van der Waals surface area contributed by atoms with Gasteiger partial charge in [0.2, 0.25) is 5.91 Å². The van der Waals surface area contributed by atoms with Crippen LogP contribution < -0.4 is 10.1 Å². The van der Waals surface area contributed by atoms with Crippen molar-refractivity contribution in [2.45, 2.75) is 6.92 Å². The van der Waals surface area contributed by atoms with Gasteiger partial charge in [0.15, 0.2) is 5.75 Å². The van der Waals surface area contributed by atoms with Crippen LogP contribution in [0.15, 0.2) is 54.6 Å². The molecule has 1 amide bonds. The van der Waals surface area contributed by atoms with Crippen LogP contribution in [0, 0.1) is 0 Å². The molecule has 0 aliphatic heterocycles. The molecule has 0 bridgehead atoms. The number of carbonyl (C=O) groups excluding carboxylic acids is 2. The van der Waals surface area contributed by atoms with Crippen LogP contribution in [-0.4, -0.2) is 11.9 Å². The third-order valence-electron chi connectivity index (χ3n) is 2.41. The minimum absolute atomic E-state index is 0.219. The maximum Gasteiger partial charge on any atom is 0.343 e. The molecule has 0 saturated carbocycles. The Balaban J connectivity index is 2.19. The molecule has 4 heteroatoms. The van der Waals surface area contributed by atoms with Gasteiger partial charge in [-0.05, 0) is 24.3 Å². The van der Waals surface area contributed by atoms with Crippen molar-refractivity contribution in [3.8, 4) is 5.75 Å². The fourth-order valence-corrected chi connectivity index (χ4v) is 1.58. The highest BCUT2D eigenvalue weighted by atomic mass is 16.5. The number of anilines is 1. The van der Waals surface area contributed by atoms with Crippen LogP contribution in [0.3, 0.4) is 0 Å². The average Bonchev–Trinajstić information content (AvgIpc) is 2.41. The van der Waals surface area contributed by atoms with E-state index in [9.17, 15) is 9.59 Å². The predicted molar refractivity (Wildman–Crippen MR) is 72.1 cm³/mol. The van der Waals surface area contributed by atoms with Crippen molar-refractivity contribution in [2.75, 3.05) is 5.32 Å². The molecule has 2 aromatic rings. The number of hydrogen-bond acceptors (Lipinski definition) is 3. The van der Waals surface area contributed by atoms with Crippen molar-refractivity contribution >= 4 is 17.6 Å². The summed E-state index contributed by atoms with van der Waals surface area (Å²) in [6.45, 7) is 1.40. The molecule has 4 nitrogen and oxygen atoms in total. The fraction of sp³-hybridized carbons (Fsp3) is 0.0667. The summed E-state index contributed by atoms with van der Waals surface area (Å²) in [5.41, 5.74) is 0.930. The number of nitrogens with one attached hydrogen (secondary N) is 1. The molecule has 0 unspecified atom stereocenters. The molecule has 0 spiro atoms. The Morgan fingerprint density at radius 3 is 2.26 bits per heavy atom. The van der Waals surface area contributed by atoms with E-state index in [0.717, 1.165) is 0 Å². The molecule has 0 fully saturated rings. The Bertz CT molecular complexity index is 593. The Morgan fingerprint density at radius 2 is 1.58 bits per heavy atom. The van der Waals surface area contributed by atoms with Crippen LogP contribution in [0.2, 0.25) is 0 Å². The van der Waals surface area contributed by atoms with Gasteiger partial charge in [-0.25, -0.2) is 4.79 Å². The Hall–Kier alpha value is -2.62. The van der Waals surface area contributed by atoms with Crippen molar-refractivity contribution in [3.05, 3.63) is 60.2 Å². The number of ether oxygens (including phenoxy) is 1. The van der Waals surface area contributed by atoms with Gasteiger partial charge in [0.1, 0.15) is 0 Å². The van der Waals surface area contributed by atoms with Gasteiger partial charge in [-0.2, -0.15) is 0 Å². The Morgan fingerprint density at radius 1 is 0.947 bits per heavy atom. The second kappa shape index (κ2) is 5.82. The van der Waals surface area contributed by atoms with E-state index in [2.05, 4.69) is 5.32 Å². The van der Waals surface area contributed by atoms with E-state index in [0.29, 0.717) is 17.0 Å². The molecule has 0 aromatic heterocycles. The quantitative estimate of drug-likeness (QED) is 0.677. The summed E-state index contributed by atoms with van der Waals surface area (Å²) in [6, 6.07) is 15.5. The van der Waals surface area contributed by atoms with Crippen LogP contribution in [0.5, 0.6) is 5.75 Å². The highest BCUT2D eigenvalue weighted by molar-refractivity contribution is 5.94. The largest absolute Gasteiger partial charge is 0.421 e. The van der Waals surface area contributed by atoms with Crippen LogP contribution in [0.4, 0.5) is 5.69 Å². The first-order valence-corrected chi connectivity index (χ1v) is 5.80. The lowest BCUT2D eigenvalue weighted by molar-refractivity contribution is -0.114. The first-order valence-electron chi connectivity index (χ1n) is 5.80. The second-order valence-corrected chi connectivity index (χ2v) is 3.93. The Kier molecular flexibility index (Phi) is 3.93. The van der Waals surface area contributed by atoms with Gasteiger partial charge < -0.3 is 10.1 Å². The first-order chi connectivity index (χ1) is 9.16. The lowest BCUT2D eigenvalue weighted by Gasteiger charge is -2.09. The molecule has 0 saturated heterocycles. The molecule has 2 aromatic carbocycles. The van der Waals surface area contributed by atoms with E-state index in [1.54, 1.807) is 48.5 Å². The minimum atomic E-state index is -0.460. The van der Waals surface area contributed by atoms with Crippen LogP contribution >= 0.6 is 0 Å². The third-order valence-corrected chi connectivity index (χ3v) is 2.41. The zero-order valence-corrected chi connectivity index (χ0v) is 10.4. The van der Waals surface area contributed by atoms with Crippen molar-refractivity contribution in [2.24, 2.45) is 0 Å². The normalized spacial score (nSPS) is 9.74. The summed E-state index contributed by atoms with van der Waals surface area (Å²) in [5.74, 6) is -0.354.